The lowest BCUT2D eigenvalue weighted by Crippen LogP contribution is -2.26. The first kappa shape index (κ1) is 12.7. The Morgan fingerprint density at radius 1 is 1.58 bits per heavy atom. The number of fused-ring (bicyclic) bond motifs is 1. The smallest absolute Gasteiger partial charge is 0.309 e. The van der Waals surface area contributed by atoms with Gasteiger partial charge in [-0.05, 0) is 18.6 Å². The van der Waals surface area contributed by atoms with Crippen molar-refractivity contribution in [1.82, 2.24) is 9.55 Å². The summed E-state index contributed by atoms with van der Waals surface area (Å²) in [7, 11) is 1.44. The van der Waals surface area contributed by atoms with E-state index in [9.17, 15) is 4.79 Å². The molecule has 1 aliphatic heterocycles. The van der Waals surface area contributed by atoms with Crippen molar-refractivity contribution in [2.24, 2.45) is 5.92 Å². The van der Waals surface area contributed by atoms with Gasteiger partial charge in [0.25, 0.3) is 0 Å². The number of halogens is 1. The standard InChI is InChI=1S/C13H13ClN2O2S/c1-18-13(17)8-4-5-16-9(6-8)7-15-12(16)10-2-3-11(14)19-10/h2-3,7-8H,4-6H2,1H3. The molecule has 0 bridgehead atoms. The number of nitrogens with zero attached hydrogens (tertiary/aromatic N) is 2. The number of carbonyl (C=O) groups is 1. The van der Waals surface area contributed by atoms with E-state index in [-0.39, 0.29) is 11.9 Å². The molecule has 1 atom stereocenters. The summed E-state index contributed by atoms with van der Waals surface area (Å²) in [5.41, 5.74) is 1.08. The third-order valence-electron chi connectivity index (χ3n) is 3.42. The number of esters is 1. The molecule has 0 amide bonds. The third-order valence-corrected chi connectivity index (χ3v) is 4.65. The van der Waals surface area contributed by atoms with Crippen molar-refractivity contribution < 1.29 is 9.53 Å². The van der Waals surface area contributed by atoms with Gasteiger partial charge in [-0.15, -0.1) is 11.3 Å². The molecule has 0 fully saturated rings. The van der Waals surface area contributed by atoms with Gasteiger partial charge in [0, 0.05) is 24.9 Å². The van der Waals surface area contributed by atoms with Gasteiger partial charge in [0.05, 0.1) is 22.2 Å². The van der Waals surface area contributed by atoms with Crippen LogP contribution in [0.1, 0.15) is 12.1 Å². The maximum absolute atomic E-state index is 11.6. The fourth-order valence-corrected chi connectivity index (χ4v) is 3.51. The minimum absolute atomic E-state index is 0.0472. The second-order valence-corrected chi connectivity index (χ2v) is 6.26. The van der Waals surface area contributed by atoms with E-state index in [1.165, 1.54) is 18.4 Å². The Morgan fingerprint density at radius 2 is 2.42 bits per heavy atom. The van der Waals surface area contributed by atoms with Crippen molar-refractivity contribution >= 4 is 28.9 Å². The van der Waals surface area contributed by atoms with Crippen LogP contribution in [0.3, 0.4) is 0 Å². The van der Waals surface area contributed by atoms with Crippen molar-refractivity contribution in [2.75, 3.05) is 7.11 Å². The minimum atomic E-state index is -0.131. The molecule has 1 unspecified atom stereocenters. The zero-order valence-corrected chi connectivity index (χ0v) is 12.0. The SMILES string of the molecule is COC(=O)C1CCn2c(cnc2-c2ccc(Cl)s2)C1. The highest BCUT2D eigenvalue weighted by atomic mass is 35.5. The summed E-state index contributed by atoms with van der Waals surface area (Å²) < 4.78 is 7.74. The predicted octanol–water partition coefficient (Wildman–Crippen LogP) is 3.00. The van der Waals surface area contributed by atoms with E-state index in [1.807, 2.05) is 18.3 Å². The normalized spacial score (nSPS) is 18.1. The van der Waals surface area contributed by atoms with E-state index in [1.54, 1.807) is 0 Å². The zero-order chi connectivity index (χ0) is 13.4. The summed E-state index contributed by atoms with van der Waals surface area (Å²) in [5.74, 6) is 0.761. The van der Waals surface area contributed by atoms with Crippen LogP contribution in [-0.2, 0) is 22.5 Å². The van der Waals surface area contributed by atoms with E-state index in [4.69, 9.17) is 16.3 Å². The Hall–Kier alpha value is -1.33. The molecule has 2 aromatic rings. The number of methoxy groups -OCH3 is 1. The molecule has 0 spiro atoms. The molecule has 0 saturated heterocycles. The van der Waals surface area contributed by atoms with Gasteiger partial charge in [-0.25, -0.2) is 4.98 Å². The van der Waals surface area contributed by atoms with Gasteiger partial charge in [0.1, 0.15) is 5.82 Å². The van der Waals surface area contributed by atoms with Crippen molar-refractivity contribution in [3.8, 4) is 10.7 Å². The number of aromatic nitrogens is 2. The maximum Gasteiger partial charge on any atom is 0.309 e. The molecule has 19 heavy (non-hydrogen) atoms. The molecule has 0 saturated carbocycles. The number of ether oxygens (including phenoxy) is 1. The largest absolute Gasteiger partial charge is 0.469 e. The number of carbonyl (C=O) groups excluding carboxylic acids is 1. The Balaban J connectivity index is 1.90. The van der Waals surface area contributed by atoms with Gasteiger partial charge in [0.2, 0.25) is 0 Å². The summed E-state index contributed by atoms with van der Waals surface area (Å²) in [6, 6.07) is 3.86. The Kier molecular flexibility index (Phi) is 3.33. The van der Waals surface area contributed by atoms with Crippen LogP contribution in [0, 0.1) is 5.92 Å². The van der Waals surface area contributed by atoms with E-state index >= 15 is 0 Å². The number of thiophene rings is 1. The lowest BCUT2D eigenvalue weighted by molar-refractivity contribution is -0.146. The fourth-order valence-electron chi connectivity index (χ4n) is 2.46. The number of hydrogen-bond donors (Lipinski definition) is 0. The molecule has 0 radical (unpaired) electrons. The zero-order valence-electron chi connectivity index (χ0n) is 10.4. The highest BCUT2D eigenvalue weighted by Gasteiger charge is 2.27. The minimum Gasteiger partial charge on any atom is -0.469 e. The average molecular weight is 297 g/mol. The summed E-state index contributed by atoms with van der Waals surface area (Å²) in [4.78, 5) is 17.1. The van der Waals surface area contributed by atoms with Crippen molar-refractivity contribution in [3.05, 3.63) is 28.4 Å². The van der Waals surface area contributed by atoms with Gasteiger partial charge < -0.3 is 9.30 Å². The topological polar surface area (TPSA) is 44.1 Å². The molecule has 3 rings (SSSR count). The van der Waals surface area contributed by atoms with Crippen LogP contribution in [0.25, 0.3) is 10.7 Å². The number of hydrogen-bond acceptors (Lipinski definition) is 4. The van der Waals surface area contributed by atoms with Crippen molar-refractivity contribution in [3.63, 3.8) is 0 Å². The van der Waals surface area contributed by atoms with Crippen LogP contribution >= 0.6 is 22.9 Å². The molecule has 0 N–H and O–H groups in total. The van der Waals surface area contributed by atoms with E-state index in [0.717, 1.165) is 33.7 Å². The molecule has 3 heterocycles. The average Bonchev–Trinajstić information content (AvgIpc) is 3.02. The quantitative estimate of drug-likeness (QED) is 0.800. The second kappa shape index (κ2) is 4.98. The van der Waals surface area contributed by atoms with Crippen LogP contribution in [0.4, 0.5) is 0 Å². The lowest BCUT2D eigenvalue weighted by Gasteiger charge is -2.22. The molecule has 0 aliphatic carbocycles. The van der Waals surface area contributed by atoms with Gasteiger partial charge in [0.15, 0.2) is 0 Å². The molecular weight excluding hydrogens is 284 g/mol. The molecule has 1 aliphatic rings. The summed E-state index contributed by atoms with van der Waals surface area (Å²) >= 11 is 7.48. The molecule has 100 valence electrons. The third kappa shape index (κ3) is 2.28. The van der Waals surface area contributed by atoms with Crippen LogP contribution in [0.15, 0.2) is 18.3 Å². The molecule has 2 aromatic heterocycles. The van der Waals surface area contributed by atoms with E-state index < -0.39 is 0 Å². The molecule has 6 heteroatoms. The molecular formula is C13H13ClN2O2S. The van der Waals surface area contributed by atoms with E-state index in [2.05, 4.69) is 9.55 Å². The van der Waals surface area contributed by atoms with Crippen LogP contribution in [0.2, 0.25) is 4.34 Å². The number of rotatable bonds is 2. The maximum atomic E-state index is 11.6. The Labute approximate surface area is 120 Å². The second-order valence-electron chi connectivity index (χ2n) is 4.54. The van der Waals surface area contributed by atoms with Gasteiger partial charge in [-0.2, -0.15) is 0 Å². The van der Waals surface area contributed by atoms with Gasteiger partial charge in [-0.3, -0.25) is 4.79 Å². The van der Waals surface area contributed by atoms with Gasteiger partial charge in [-0.1, -0.05) is 11.6 Å². The fraction of sp³-hybridized carbons (Fsp3) is 0.385. The first-order valence-electron chi connectivity index (χ1n) is 6.07. The Bertz CT molecular complexity index is 620. The first-order valence-corrected chi connectivity index (χ1v) is 7.26. The van der Waals surface area contributed by atoms with Crippen LogP contribution in [-0.4, -0.2) is 22.6 Å². The molecule has 4 nitrogen and oxygen atoms in total. The van der Waals surface area contributed by atoms with Crippen molar-refractivity contribution in [1.29, 1.82) is 0 Å². The van der Waals surface area contributed by atoms with E-state index in [0.29, 0.717) is 6.42 Å². The summed E-state index contributed by atoms with van der Waals surface area (Å²) in [6.45, 7) is 0.792. The monoisotopic (exact) mass is 296 g/mol. The lowest BCUT2D eigenvalue weighted by atomic mass is 9.96. The highest BCUT2D eigenvalue weighted by Crippen LogP contribution is 2.33. The molecule has 0 aromatic carbocycles. The van der Waals surface area contributed by atoms with Crippen molar-refractivity contribution in [2.45, 2.75) is 19.4 Å². The first-order chi connectivity index (χ1) is 9.19. The Morgan fingerprint density at radius 3 is 3.11 bits per heavy atom. The predicted molar refractivity (Wildman–Crippen MR) is 74.4 cm³/mol. The van der Waals surface area contributed by atoms with Crippen LogP contribution in [0.5, 0.6) is 0 Å². The summed E-state index contributed by atoms with van der Waals surface area (Å²) in [5, 5.41) is 0. The van der Waals surface area contributed by atoms with Crippen LogP contribution < -0.4 is 0 Å². The summed E-state index contributed by atoms with van der Waals surface area (Å²) in [6.07, 6.45) is 3.33. The highest BCUT2D eigenvalue weighted by molar-refractivity contribution is 7.19. The van der Waals surface area contributed by atoms with Gasteiger partial charge >= 0.3 is 5.97 Å². The number of imidazole rings is 1.